The first-order valence-electron chi connectivity index (χ1n) is 4.88. The summed E-state index contributed by atoms with van der Waals surface area (Å²) < 4.78 is 0. The van der Waals surface area contributed by atoms with Crippen molar-refractivity contribution in [1.29, 1.82) is 0 Å². The molecule has 0 radical (unpaired) electrons. The zero-order valence-electron chi connectivity index (χ0n) is 8.91. The highest BCUT2D eigenvalue weighted by Crippen LogP contribution is 2.30. The van der Waals surface area contributed by atoms with E-state index in [0.29, 0.717) is 0 Å². The van der Waals surface area contributed by atoms with Gasteiger partial charge in [0.1, 0.15) is 5.54 Å². The molecule has 4 nitrogen and oxygen atoms in total. The third kappa shape index (κ3) is 1.74. The quantitative estimate of drug-likeness (QED) is 0.740. The summed E-state index contributed by atoms with van der Waals surface area (Å²) in [6.45, 7) is 3.10. The van der Waals surface area contributed by atoms with E-state index in [1.807, 2.05) is 0 Å². The van der Waals surface area contributed by atoms with Crippen LogP contribution < -0.4 is 0 Å². The number of aliphatic carboxylic acids is 1. The SMILES string of the molecule is CN(C(=O)C1CCC1)C(C)(C)C(=O)O. The van der Waals surface area contributed by atoms with Gasteiger partial charge in [-0.25, -0.2) is 4.79 Å². The van der Waals surface area contributed by atoms with Crippen LogP contribution in [0, 0.1) is 5.92 Å². The topological polar surface area (TPSA) is 57.6 Å². The van der Waals surface area contributed by atoms with Crippen molar-refractivity contribution in [3.05, 3.63) is 0 Å². The molecule has 1 rings (SSSR count). The summed E-state index contributed by atoms with van der Waals surface area (Å²) in [5.41, 5.74) is -1.10. The van der Waals surface area contributed by atoms with Crippen LogP contribution in [0.4, 0.5) is 0 Å². The Morgan fingerprint density at radius 1 is 1.36 bits per heavy atom. The minimum absolute atomic E-state index is 0.0383. The molecular weight excluding hydrogens is 182 g/mol. The molecule has 0 heterocycles. The predicted molar refractivity (Wildman–Crippen MR) is 51.8 cm³/mol. The van der Waals surface area contributed by atoms with Crippen molar-refractivity contribution in [3.63, 3.8) is 0 Å². The summed E-state index contributed by atoms with van der Waals surface area (Å²) in [6.07, 6.45) is 2.88. The zero-order chi connectivity index (χ0) is 10.9. The Kier molecular flexibility index (Phi) is 2.83. The van der Waals surface area contributed by atoms with Gasteiger partial charge in [0.05, 0.1) is 0 Å². The lowest BCUT2D eigenvalue weighted by molar-refractivity contribution is -0.158. The molecule has 1 saturated carbocycles. The number of likely N-dealkylation sites (N-methyl/N-ethyl adjacent to an activating group) is 1. The fraction of sp³-hybridized carbons (Fsp3) is 0.800. The highest BCUT2D eigenvalue weighted by Gasteiger charge is 2.39. The first-order valence-corrected chi connectivity index (χ1v) is 4.88. The molecule has 0 aromatic rings. The Labute approximate surface area is 83.9 Å². The monoisotopic (exact) mass is 199 g/mol. The smallest absolute Gasteiger partial charge is 0.329 e. The van der Waals surface area contributed by atoms with Crippen molar-refractivity contribution in [3.8, 4) is 0 Å². The number of carboxylic acid groups (broad SMARTS) is 1. The second-order valence-electron chi connectivity index (χ2n) is 4.39. The fourth-order valence-electron chi connectivity index (χ4n) is 1.35. The summed E-state index contributed by atoms with van der Waals surface area (Å²) >= 11 is 0. The van der Waals surface area contributed by atoms with Gasteiger partial charge in [-0.1, -0.05) is 6.42 Å². The lowest BCUT2D eigenvalue weighted by Gasteiger charge is -2.36. The molecule has 0 bridgehead atoms. The van der Waals surface area contributed by atoms with Gasteiger partial charge in [-0.2, -0.15) is 0 Å². The van der Waals surface area contributed by atoms with E-state index in [4.69, 9.17) is 5.11 Å². The number of nitrogens with zero attached hydrogens (tertiary/aromatic N) is 1. The van der Waals surface area contributed by atoms with Crippen LogP contribution in [0.2, 0.25) is 0 Å². The van der Waals surface area contributed by atoms with Crippen LogP contribution in [-0.4, -0.2) is 34.5 Å². The molecule has 0 aromatic carbocycles. The van der Waals surface area contributed by atoms with Crippen LogP contribution in [0.3, 0.4) is 0 Å². The van der Waals surface area contributed by atoms with Gasteiger partial charge in [0.2, 0.25) is 5.91 Å². The molecular formula is C10H17NO3. The van der Waals surface area contributed by atoms with Crippen LogP contribution in [0.15, 0.2) is 0 Å². The third-order valence-electron chi connectivity index (χ3n) is 3.15. The number of carboxylic acids is 1. The summed E-state index contributed by atoms with van der Waals surface area (Å²) in [7, 11) is 1.56. The Bertz CT molecular complexity index is 256. The minimum Gasteiger partial charge on any atom is -0.480 e. The molecule has 1 amide bonds. The van der Waals surface area contributed by atoms with Gasteiger partial charge in [0, 0.05) is 13.0 Å². The van der Waals surface area contributed by atoms with E-state index < -0.39 is 11.5 Å². The summed E-state index contributed by atoms with van der Waals surface area (Å²) in [5.74, 6) is -0.949. The van der Waals surface area contributed by atoms with E-state index in [0.717, 1.165) is 19.3 Å². The van der Waals surface area contributed by atoms with Crippen LogP contribution >= 0.6 is 0 Å². The van der Waals surface area contributed by atoms with Gasteiger partial charge < -0.3 is 10.0 Å². The third-order valence-corrected chi connectivity index (χ3v) is 3.15. The van der Waals surface area contributed by atoms with Crippen LogP contribution in [0.5, 0.6) is 0 Å². The molecule has 0 aromatic heterocycles. The number of hydrogen-bond donors (Lipinski definition) is 1. The minimum atomic E-state index is -1.10. The van der Waals surface area contributed by atoms with Crippen molar-refractivity contribution in [1.82, 2.24) is 4.90 Å². The van der Waals surface area contributed by atoms with Crippen molar-refractivity contribution in [2.24, 2.45) is 5.92 Å². The molecule has 4 heteroatoms. The standard InChI is InChI=1S/C10H17NO3/c1-10(2,9(13)14)11(3)8(12)7-5-4-6-7/h7H,4-6H2,1-3H3,(H,13,14). The second-order valence-corrected chi connectivity index (χ2v) is 4.39. The molecule has 0 spiro atoms. The molecule has 1 fully saturated rings. The largest absolute Gasteiger partial charge is 0.480 e. The van der Waals surface area contributed by atoms with Gasteiger partial charge in [0.15, 0.2) is 0 Å². The van der Waals surface area contributed by atoms with E-state index in [1.165, 1.54) is 4.90 Å². The Balaban J connectivity index is 2.67. The summed E-state index contributed by atoms with van der Waals surface area (Å²) in [6, 6.07) is 0. The van der Waals surface area contributed by atoms with E-state index in [9.17, 15) is 9.59 Å². The highest BCUT2D eigenvalue weighted by atomic mass is 16.4. The van der Waals surface area contributed by atoms with Gasteiger partial charge in [-0.3, -0.25) is 4.79 Å². The summed E-state index contributed by atoms with van der Waals surface area (Å²) in [4.78, 5) is 24.0. The lowest BCUT2D eigenvalue weighted by Crippen LogP contribution is -2.53. The predicted octanol–water partition coefficient (Wildman–Crippen LogP) is 1.11. The van der Waals surface area contributed by atoms with Crippen molar-refractivity contribution >= 4 is 11.9 Å². The van der Waals surface area contributed by atoms with Crippen LogP contribution in [0.1, 0.15) is 33.1 Å². The molecule has 80 valence electrons. The van der Waals surface area contributed by atoms with Crippen molar-refractivity contribution < 1.29 is 14.7 Å². The second kappa shape index (κ2) is 3.59. The lowest BCUT2D eigenvalue weighted by atomic mass is 9.83. The van der Waals surface area contributed by atoms with Gasteiger partial charge in [-0.05, 0) is 26.7 Å². The molecule has 1 N–H and O–H groups in total. The first kappa shape index (κ1) is 11.0. The molecule has 1 aliphatic carbocycles. The maximum atomic E-state index is 11.7. The van der Waals surface area contributed by atoms with E-state index >= 15 is 0 Å². The number of rotatable bonds is 3. The first-order chi connectivity index (χ1) is 6.37. The van der Waals surface area contributed by atoms with Crippen LogP contribution in [-0.2, 0) is 9.59 Å². The molecule has 0 aliphatic heterocycles. The van der Waals surface area contributed by atoms with Gasteiger partial charge in [-0.15, -0.1) is 0 Å². The molecule has 0 atom stereocenters. The normalized spacial score (nSPS) is 17.4. The van der Waals surface area contributed by atoms with Crippen LogP contribution in [0.25, 0.3) is 0 Å². The molecule has 0 unspecified atom stereocenters. The Morgan fingerprint density at radius 3 is 2.14 bits per heavy atom. The maximum absolute atomic E-state index is 11.7. The number of carbonyl (C=O) groups is 2. The van der Waals surface area contributed by atoms with Crippen molar-refractivity contribution in [2.45, 2.75) is 38.6 Å². The number of hydrogen-bond acceptors (Lipinski definition) is 2. The van der Waals surface area contributed by atoms with Gasteiger partial charge >= 0.3 is 5.97 Å². The zero-order valence-corrected chi connectivity index (χ0v) is 8.91. The maximum Gasteiger partial charge on any atom is 0.329 e. The average molecular weight is 199 g/mol. The summed E-state index contributed by atoms with van der Waals surface area (Å²) in [5, 5.41) is 8.94. The van der Waals surface area contributed by atoms with Crippen molar-refractivity contribution in [2.75, 3.05) is 7.05 Å². The van der Waals surface area contributed by atoms with E-state index in [2.05, 4.69) is 0 Å². The van der Waals surface area contributed by atoms with E-state index in [-0.39, 0.29) is 11.8 Å². The highest BCUT2D eigenvalue weighted by molar-refractivity contribution is 5.87. The average Bonchev–Trinajstić information content (AvgIpc) is 1.99. The number of carbonyl (C=O) groups excluding carboxylic acids is 1. The molecule has 0 saturated heterocycles. The fourth-order valence-corrected chi connectivity index (χ4v) is 1.35. The Hall–Kier alpha value is -1.06. The molecule has 14 heavy (non-hydrogen) atoms. The van der Waals surface area contributed by atoms with E-state index in [1.54, 1.807) is 20.9 Å². The van der Waals surface area contributed by atoms with Gasteiger partial charge in [0.25, 0.3) is 0 Å². The number of amides is 1. The molecule has 1 aliphatic rings. The Morgan fingerprint density at radius 2 is 1.86 bits per heavy atom.